The first-order valence-corrected chi connectivity index (χ1v) is 19.0. The molecule has 0 aliphatic heterocycles. The highest BCUT2D eigenvalue weighted by molar-refractivity contribution is 7.86. The molecule has 0 saturated carbocycles. The van der Waals surface area contributed by atoms with Crippen LogP contribution in [0.4, 0.5) is 0 Å². The molecule has 10 nitrogen and oxygen atoms in total. The number of hydrogen-bond donors (Lipinski definition) is 0. The van der Waals surface area contributed by atoms with Crippen molar-refractivity contribution in [3.05, 3.63) is 144 Å². The Kier molecular flexibility index (Phi) is 14.7. The van der Waals surface area contributed by atoms with Crippen molar-refractivity contribution in [1.29, 1.82) is 0 Å². The zero-order chi connectivity index (χ0) is 34.2. The molecule has 4 aromatic carbocycles. The Labute approximate surface area is 283 Å². The van der Waals surface area contributed by atoms with Crippen LogP contribution in [0.1, 0.15) is 22.3 Å². The molecule has 4 rings (SSSR count). The third kappa shape index (κ3) is 14.0. The van der Waals surface area contributed by atoms with Crippen molar-refractivity contribution < 1.29 is 44.1 Å². The Morgan fingerprint density at radius 1 is 0.458 bits per heavy atom. The topological polar surface area (TPSA) is 124 Å². The average Bonchev–Trinajstić information content (AvgIpc) is 3.07. The molecule has 48 heavy (non-hydrogen) atoms. The van der Waals surface area contributed by atoms with Crippen LogP contribution in [-0.2, 0) is 74.0 Å². The highest BCUT2D eigenvalue weighted by atomic mass is 32.2. The van der Waals surface area contributed by atoms with E-state index in [1.54, 1.807) is 0 Å². The van der Waals surface area contributed by atoms with Gasteiger partial charge in [-0.3, -0.25) is 8.37 Å². The summed E-state index contributed by atoms with van der Waals surface area (Å²) in [5.74, 6) is 0. The number of benzene rings is 4. The monoisotopic (exact) mass is 698 g/mol. The van der Waals surface area contributed by atoms with Crippen molar-refractivity contribution in [1.82, 2.24) is 0 Å². The number of ether oxygens (including phenoxy) is 4. The SMILES string of the molecule is CS(=O)(=O)OC[C@H](OCc1ccccc1)[C@@H](OCc1ccccc1)[C@H](OCc1ccccc1)[C@@H](COCc1ccccc1)OS(C)(=O)=O. The quantitative estimate of drug-likeness (QED) is 0.106. The van der Waals surface area contributed by atoms with Crippen molar-refractivity contribution in [2.45, 2.75) is 50.8 Å². The van der Waals surface area contributed by atoms with Crippen LogP contribution in [0.5, 0.6) is 0 Å². The van der Waals surface area contributed by atoms with Gasteiger partial charge < -0.3 is 18.9 Å². The van der Waals surface area contributed by atoms with Crippen LogP contribution in [-0.4, -0.2) is 67.0 Å². The van der Waals surface area contributed by atoms with Gasteiger partial charge in [-0.15, -0.1) is 0 Å². The Morgan fingerprint density at radius 2 is 0.833 bits per heavy atom. The highest BCUT2D eigenvalue weighted by Gasteiger charge is 2.41. The fraction of sp³-hybridized carbons (Fsp3) is 0.333. The lowest BCUT2D eigenvalue weighted by Crippen LogP contribution is -2.52. The van der Waals surface area contributed by atoms with Gasteiger partial charge in [0, 0.05) is 0 Å². The Hall–Kier alpha value is -3.46. The lowest BCUT2D eigenvalue weighted by Gasteiger charge is -2.37. The minimum Gasteiger partial charge on any atom is -0.374 e. The molecule has 0 aromatic heterocycles. The van der Waals surface area contributed by atoms with E-state index in [-0.39, 0.29) is 33.0 Å². The molecule has 0 saturated heterocycles. The predicted octanol–water partition coefficient (Wildman–Crippen LogP) is 5.28. The van der Waals surface area contributed by atoms with Crippen molar-refractivity contribution >= 4 is 20.2 Å². The van der Waals surface area contributed by atoms with Gasteiger partial charge in [0.25, 0.3) is 20.2 Å². The van der Waals surface area contributed by atoms with E-state index < -0.39 is 51.3 Å². The first-order valence-electron chi connectivity index (χ1n) is 15.4. The van der Waals surface area contributed by atoms with Crippen LogP contribution in [0.3, 0.4) is 0 Å². The lowest BCUT2D eigenvalue weighted by molar-refractivity contribution is -0.187. The maximum Gasteiger partial charge on any atom is 0.264 e. The van der Waals surface area contributed by atoms with Gasteiger partial charge in [-0.25, -0.2) is 0 Å². The molecule has 12 heteroatoms. The molecule has 4 atom stereocenters. The van der Waals surface area contributed by atoms with Gasteiger partial charge >= 0.3 is 0 Å². The molecular weight excluding hydrogens is 657 g/mol. The largest absolute Gasteiger partial charge is 0.374 e. The van der Waals surface area contributed by atoms with Crippen molar-refractivity contribution in [2.24, 2.45) is 0 Å². The predicted molar refractivity (Wildman–Crippen MR) is 182 cm³/mol. The Bertz CT molecular complexity index is 1690. The second-order valence-corrected chi connectivity index (χ2v) is 14.4. The zero-order valence-corrected chi connectivity index (χ0v) is 28.6. The van der Waals surface area contributed by atoms with Crippen molar-refractivity contribution in [3.63, 3.8) is 0 Å². The van der Waals surface area contributed by atoms with E-state index in [2.05, 4.69) is 0 Å². The summed E-state index contributed by atoms with van der Waals surface area (Å²) in [7, 11) is -7.95. The fourth-order valence-corrected chi connectivity index (χ4v) is 5.83. The van der Waals surface area contributed by atoms with Gasteiger partial charge in [-0.05, 0) is 22.3 Å². The maximum atomic E-state index is 12.7. The van der Waals surface area contributed by atoms with Gasteiger partial charge in [-0.2, -0.15) is 16.8 Å². The van der Waals surface area contributed by atoms with E-state index in [0.717, 1.165) is 34.8 Å². The summed E-state index contributed by atoms with van der Waals surface area (Å²) in [6.07, 6.45) is -2.66. The number of hydrogen-bond acceptors (Lipinski definition) is 10. The molecular formula is C36H42O10S2. The van der Waals surface area contributed by atoms with Crippen molar-refractivity contribution in [2.75, 3.05) is 25.7 Å². The molecule has 4 aromatic rings. The molecule has 0 amide bonds. The van der Waals surface area contributed by atoms with Crippen LogP contribution in [0.15, 0.2) is 121 Å². The van der Waals surface area contributed by atoms with Crippen LogP contribution in [0, 0.1) is 0 Å². The van der Waals surface area contributed by atoms with E-state index in [4.69, 9.17) is 27.3 Å². The Morgan fingerprint density at radius 3 is 1.23 bits per heavy atom. The molecule has 258 valence electrons. The third-order valence-electron chi connectivity index (χ3n) is 7.07. The van der Waals surface area contributed by atoms with E-state index in [0.29, 0.717) is 0 Å². The second kappa shape index (κ2) is 18.9. The molecule has 0 bridgehead atoms. The van der Waals surface area contributed by atoms with E-state index in [1.807, 2.05) is 121 Å². The standard InChI is InChI=1S/C36H42O10S2/c1-47(37,38)45-28-33(42-24-30-17-9-4-10-18-30)35(43-25-31-19-11-5-12-20-31)36(44-26-32-21-13-6-14-22-32)34(46-48(2,39)40)27-41-23-29-15-7-3-8-16-29/h3-22,33-36H,23-28H2,1-2H3/t33-,34+,35+,36+/m0/s1. The zero-order valence-electron chi connectivity index (χ0n) is 27.0. The maximum absolute atomic E-state index is 12.7. The van der Waals surface area contributed by atoms with Crippen LogP contribution >= 0.6 is 0 Å². The summed E-state index contributed by atoms with van der Waals surface area (Å²) in [5, 5.41) is 0. The summed E-state index contributed by atoms with van der Waals surface area (Å²) in [5.41, 5.74) is 3.32. The first kappa shape index (κ1) is 37.4. The van der Waals surface area contributed by atoms with Crippen molar-refractivity contribution in [3.8, 4) is 0 Å². The minimum atomic E-state index is -4.05. The second-order valence-electron chi connectivity index (χ2n) is 11.2. The van der Waals surface area contributed by atoms with Gasteiger partial charge in [0.15, 0.2) is 0 Å². The molecule has 0 spiro atoms. The molecule has 0 aliphatic rings. The van der Waals surface area contributed by atoms with Crippen LogP contribution in [0.25, 0.3) is 0 Å². The average molecular weight is 699 g/mol. The van der Waals surface area contributed by atoms with Crippen LogP contribution < -0.4 is 0 Å². The lowest BCUT2D eigenvalue weighted by atomic mass is 10.0. The summed E-state index contributed by atoms with van der Waals surface area (Å²) in [6.45, 7) is -0.264. The molecule has 0 fully saturated rings. The number of rotatable bonds is 21. The van der Waals surface area contributed by atoms with Gasteiger partial charge in [0.1, 0.15) is 24.4 Å². The van der Waals surface area contributed by atoms with E-state index in [9.17, 15) is 16.8 Å². The fourth-order valence-electron chi connectivity index (χ4n) is 4.84. The third-order valence-corrected chi connectivity index (χ3v) is 8.23. The molecule has 0 N–H and O–H groups in total. The summed E-state index contributed by atoms with van der Waals surface area (Å²) >= 11 is 0. The van der Waals surface area contributed by atoms with Crippen LogP contribution in [0.2, 0.25) is 0 Å². The van der Waals surface area contributed by atoms with E-state index >= 15 is 0 Å². The molecule has 0 unspecified atom stereocenters. The smallest absolute Gasteiger partial charge is 0.264 e. The van der Waals surface area contributed by atoms with Gasteiger partial charge in [-0.1, -0.05) is 121 Å². The summed E-state index contributed by atoms with van der Waals surface area (Å²) in [6, 6.07) is 37.4. The highest BCUT2D eigenvalue weighted by Crippen LogP contribution is 2.24. The summed E-state index contributed by atoms with van der Waals surface area (Å²) < 4.78 is 86.0. The van der Waals surface area contributed by atoms with E-state index in [1.165, 1.54) is 0 Å². The van der Waals surface area contributed by atoms with Gasteiger partial charge in [0.2, 0.25) is 0 Å². The minimum absolute atomic E-state index is 0.0529. The molecule has 0 radical (unpaired) electrons. The first-order chi connectivity index (χ1) is 23.1. The molecule has 0 aliphatic carbocycles. The van der Waals surface area contributed by atoms with Gasteiger partial charge in [0.05, 0.1) is 52.2 Å². The molecule has 0 heterocycles. The normalized spacial score (nSPS) is 14.6. The Balaban J connectivity index is 1.73. The summed E-state index contributed by atoms with van der Waals surface area (Å²) in [4.78, 5) is 0.